The molecule has 2 N–H and O–H groups in total. The van der Waals surface area contributed by atoms with E-state index < -0.39 is 5.82 Å². The zero-order valence-corrected chi connectivity index (χ0v) is 10.8. The topological polar surface area (TPSA) is 55.6 Å². The van der Waals surface area contributed by atoms with Gasteiger partial charge in [-0.2, -0.15) is 0 Å². The van der Waals surface area contributed by atoms with Crippen molar-refractivity contribution in [3.8, 4) is 5.75 Å². The fraction of sp³-hybridized carbons (Fsp3) is 0.462. The largest absolute Gasteiger partial charge is 0.494 e. The summed E-state index contributed by atoms with van der Waals surface area (Å²) >= 11 is 0. The van der Waals surface area contributed by atoms with Gasteiger partial charge >= 0.3 is 0 Å². The Balaban J connectivity index is 2.61. The zero-order chi connectivity index (χ0) is 13.5. The van der Waals surface area contributed by atoms with Crippen molar-refractivity contribution in [1.82, 2.24) is 4.90 Å². The van der Waals surface area contributed by atoms with E-state index in [2.05, 4.69) is 0 Å². The van der Waals surface area contributed by atoms with Crippen molar-refractivity contribution in [2.24, 2.45) is 5.73 Å². The van der Waals surface area contributed by atoms with E-state index >= 15 is 0 Å². The third-order valence-electron chi connectivity index (χ3n) is 2.66. The van der Waals surface area contributed by atoms with E-state index in [4.69, 9.17) is 10.5 Å². The molecule has 0 radical (unpaired) electrons. The lowest BCUT2D eigenvalue weighted by Crippen LogP contribution is -2.26. The van der Waals surface area contributed by atoms with Crippen LogP contribution in [0.1, 0.15) is 18.4 Å². The molecule has 0 fully saturated rings. The van der Waals surface area contributed by atoms with Crippen molar-refractivity contribution >= 4 is 5.91 Å². The van der Waals surface area contributed by atoms with Crippen molar-refractivity contribution in [3.63, 3.8) is 0 Å². The Bertz CT molecular complexity index is 410. The number of ether oxygens (including phenoxy) is 1. The lowest BCUT2D eigenvalue weighted by atomic mass is 10.2. The molecule has 1 aromatic rings. The molecule has 4 nitrogen and oxygen atoms in total. The molecule has 1 amide bonds. The van der Waals surface area contributed by atoms with Crippen LogP contribution < -0.4 is 10.5 Å². The summed E-state index contributed by atoms with van der Waals surface area (Å²) in [5.74, 6) is -0.203. The maximum Gasteiger partial charge on any atom is 0.222 e. The van der Waals surface area contributed by atoms with Gasteiger partial charge in [0.25, 0.3) is 0 Å². The molecule has 0 bridgehead atoms. The highest BCUT2D eigenvalue weighted by Crippen LogP contribution is 2.18. The molecule has 5 heteroatoms. The number of nitrogens with zero attached hydrogens (tertiary/aromatic N) is 1. The maximum absolute atomic E-state index is 13.5. The molecule has 0 unspecified atom stereocenters. The fourth-order valence-corrected chi connectivity index (χ4v) is 1.61. The molecule has 0 atom stereocenters. The predicted molar refractivity (Wildman–Crippen MR) is 67.7 cm³/mol. The number of halogens is 1. The highest BCUT2D eigenvalue weighted by Gasteiger charge is 2.10. The van der Waals surface area contributed by atoms with Crippen LogP contribution in [0.15, 0.2) is 18.2 Å². The molecule has 100 valence electrons. The first-order valence-corrected chi connectivity index (χ1v) is 5.85. The van der Waals surface area contributed by atoms with E-state index in [0.717, 1.165) is 5.56 Å². The molecule has 0 aromatic heterocycles. The van der Waals surface area contributed by atoms with Crippen molar-refractivity contribution in [1.29, 1.82) is 0 Å². The summed E-state index contributed by atoms with van der Waals surface area (Å²) in [6.45, 7) is 0.876. The Labute approximate surface area is 107 Å². The van der Waals surface area contributed by atoms with E-state index in [-0.39, 0.29) is 11.7 Å². The Morgan fingerprint density at radius 1 is 1.50 bits per heavy atom. The average molecular weight is 254 g/mol. The van der Waals surface area contributed by atoms with Crippen LogP contribution in [0.3, 0.4) is 0 Å². The lowest BCUT2D eigenvalue weighted by Gasteiger charge is -2.17. The molecule has 0 aliphatic carbocycles. The number of benzene rings is 1. The van der Waals surface area contributed by atoms with E-state index in [9.17, 15) is 9.18 Å². The third-order valence-corrected chi connectivity index (χ3v) is 2.66. The van der Waals surface area contributed by atoms with Crippen LogP contribution in [0, 0.1) is 5.82 Å². The second-order valence-electron chi connectivity index (χ2n) is 4.11. The summed E-state index contributed by atoms with van der Waals surface area (Å²) < 4.78 is 18.3. The molecular formula is C13H19FN2O2. The van der Waals surface area contributed by atoms with Gasteiger partial charge in [-0.15, -0.1) is 0 Å². The van der Waals surface area contributed by atoms with Crippen LogP contribution in [0.2, 0.25) is 0 Å². The number of amides is 1. The normalized spacial score (nSPS) is 10.2. The summed E-state index contributed by atoms with van der Waals surface area (Å²) in [7, 11) is 3.11. The van der Waals surface area contributed by atoms with Gasteiger partial charge in [0.2, 0.25) is 5.91 Å². The van der Waals surface area contributed by atoms with E-state index in [1.165, 1.54) is 13.2 Å². The molecule has 0 heterocycles. The third kappa shape index (κ3) is 4.00. The summed E-state index contributed by atoms with van der Waals surface area (Å²) in [6, 6.07) is 4.68. The van der Waals surface area contributed by atoms with Gasteiger partial charge in [-0.05, 0) is 30.7 Å². The minimum Gasteiger partial charge on any atom is -0.494 e. The van der Waals surface area contributed by atoms with Gasteiger partial charge in [-0.1, -0.05) is 6.07 Å². The molecule has 0 aliphatic heterocycles. The molecule has 1 rings (SSSR count). The summed E-state index contributed by atoms with van der Waals surface area (Å²) in [6.07, 6.45) is 1.09. The monoisotopic (exact) mass is 254 g/mol. The Hall–Kier alpha value is -1.62. The average Bonchev–Trinajstić information content (AvgIpc) is 2.36. The molecule has 18 heavy (non-hydrogen) atoms. The number of carbonyl (C=O) groups is 1. The number of hydrogen-bond donors (Lipinski definition) is 1. The number of methoxy groups -OCH3 is 1. The predicted octanol–water partition coefficient (Wildman–Crippen LogP) is 1.53. The standard InChI is InChI=1S/C13H19FN2O2/c1-16(13(17)4-3-7-15)9-10-5-6-12(18-2)11(14)8-10/h5-6,8H,3-4,7,9,15H2,1-2H3. The minimum atomic E-state index is -0.419. The highest BCUT2D eigenvalue weighted by atomic mass is 19.1. The van der Waals surface area contributed by atoms with Gasteiger partial charge in [-0.3, -0.25) is 4.79 Å². The van der Waals surface area contributed by atoms with Crippen molar-refractivity contribution in [3.05, 3.63) is 29.6 Å². The maximum atomic E-state index is 13.5. The Morgan fingerprint density at radius 2 is 2.22 bits per heavy atom. The molecule has 1 aromatic carbocycles. The SMILES string of the molecule is COc1ccc(CN(C)C(=O)CCCN)cc1F. The summed E-state index contributed by atoms with van der Waals surface area (Å²) in [4.78, 5) is 13.2. The number of rotatable bonds is 6. The minimum absolute atomic E-state index is 0.0108. The van der Waals surface area contributed by atoms with Crippen molar-refractivity contribution < 1.29 is 13.9 Å². The van der Waals surface area contributed by atoms with Crippen LogP contribution in [-0.2, 0) is 11.3 Å². The van der Waals surface area contributed by atoms with E-state index in [1.54, 1.807) is 24.1 Å². The zero-order valence-electron chi connectivity index (χ0n) is 10.8. The van der Waals surface area contributed by atoms with Gasteiger partial charge < -0.3 is 15.4 Å². The molecule has 0 spiro atoms. The summed E-state index contributed by atoms with van der Waals surface area (Å²) in [5, 5.41) is 0. The number of nitrogens with two attached hydrogens (primary N) is 1. The second-order valence-corrected chi connectivity index (χ2v) is 4.11. The van der Waals surface area contributed by atoms with Gasteiger partial charge in [-0.25, -0.2) is 4.39 Å². The number of carbonyl (C=O) groups excluding carboxylic acids is 1. The van der Waals surface area contributed by atoms with Gasteiger partial charge in [0, 0.05) is 20.0 Å². The molecule has 0 aliphatic rings. The van der Waals surface area contributed by atoms with Crippen LogP contribution in [0.4, 0.5) is 4.39 Å². The van der Waals surface area contributed by atoms with Gasteiger partial charge in [0.15, 0.2) is 11.6 Å². The fourth-order valence-electron chi connectivity index (χ4n) is 1.61. The van der Waals surface area contributed by atoms with Crippen LogP contribution in [0.25, 0.3) is 0 Å². The first-order valence-electron chi connectivity index (χ1n) is 5.85. The summed E-state index contributed by atoms with van der Waals surface area (Å²) in [5.41, 5.74) is 6.08. The van der Waals surface area contributed by atoms with Crippen LogP contribution >= 0.6 is 0 Å². The lowest BCUT2D eigenvalue weighted by molar-refractivity contribution is -0.130. The van der Waals surface area contributed by atoms with Crippen molar-refractivity contribution in [2.45, 2.75) is 19.4 Å². The van der Waals surface area contributed by atoms with Crippen LogP contribution in [-0.4, -0.2) is 31.5 Å². The molecule has 0 saturated carbocycles. The van der Waals surface area contributed by atoms with Gasteiger partial charge in [0.1, 0.15) is 0 Å². The van der Waals surface area contributed by atoms with E-state index in [0.29, 0.717) is 25.9 Å². The quantitative estimate of drug-likeness (QED) is 0.837. The first kappa shape index (κ1) is 14.4. The van der Waals surface area contributed by atoms with Crippen LogP contribution in [0.5, 0.6) is 5.75 Å². The molecule has 0 saturated heterocycles. The molecular weight excluding hydrogens is 235 g/mol. The second kappa shape index (κ2) is 6.96. The van der Waals surface area contributed by atoms with E-state index in [1.807, 2.05) is 0 Å². The Kier molecular flexibility index (Phi) is 5.58. The van der Waals surface area contributed by atoms with Crippen molar-refractivity contribution in [2.75, 3.05) is 20.7 Å². The smallest absolute Gasteiger partial charge is 0.222 e. The first-order chi connectivity index (χ1) is 8.58. The Morgan fingerprint density at radius 3 is 2.78 bits per heavy atom. The van der Waals surface area contributed by atoms with Gasteiger partial charge in [0.05, 0.1) is 7.11 Å². The highest BCUT2D eigenvalue weighted by molar-refractivity contribution is 5.75. The number of hydrogen-bond acceptors (Lipinski definition) is 3.